The predicted molar refractivity (Wildman–Crippen MR) is 223 cm³/mol. The van der Waals surface area contributed by atoms with Gasteiger partial charge < -0.3 is 29.2 Å². The molecule has 12 nitrogen and oxygen atoms in total. The Labute approximate surface area is 329 Å². The van der Waals surface area contributed by atoms with Gasteiger partial charge in [0.05, 0.1) is 30.7 Å². The number of nitrogens with one attached hydrogen (secondary N) is 2. The van der Waals surface area contributed by atoms with Gasteiger partial charge in [-0.1, -0.05) is 68.4 Å². The van der Waals surface area contributed by atoms with Crippen molar-refractivity contribution >= 4 is 43.4 Å². The Morgan fingerprint density at radius 2 is 1.68 bits per heavy atom. The van der Waals surface area contributed by atoms with Crippen LogP contribution >= 0.6 is 0 Å². The molecular formula is C43H53N5O7S. The summed E-state index contributed by atoms with van der Waals surface area (Å²) in [6.45, 7) is 8.36. The van der Waals surface area contributed by atoms with E-state index in [1.54, 1.807) is 28.9 Å². The van der Waals surface area contributed by atoms with E-state index in [0.717, 1.165) is 82.0 Å². The minimum atomic E-state index is -3.40. The quantitative estimate of drug-likeness (QED) is 0.0992. The number of sulfonamides is 1. The van der Waals surface area contributed by atoms with Crippen LogP contribution in [-0.2, 0) is 48.0 Å². The summed E-state index contributed by atoms with van der Waals surface area (Å²) in [4.78, 5) is 13.1. The Kier molecular flexibility index (Phi) is 13.3. The second-order valence-corrected chi connectivity index (χ2v) is 15.5. The van der Waals surface area contributed by atoms with Crippen LogP contribution in [0.15, 0.2) is 84.9 Å². The van der Waals surface area contributed by atoms with Gasteiger partial charge in [0.1, 0.15) is 29.5 Å². The van der Waals surface area contributed by atoms with Crippen LogP contribution in [0.1, 0.15) is 62.0 Å². The number of hydrogen-bond acceptors (Lipinski definition) is 8. The van der Waals surface area contributed by atoms with Crippen molar-refractivity contribution in [2.45, 2.75) is 59.3 Å². The van der Waals surface area contributed by atoms with Crippen molar-refractivity contribution in [1.82, 2.24) is 19.7 Å². The fraction of sp³-hybridized carbons (Fsp3) is 0.349. The standard InChI is InChI=1S/C39H40N4O7S.C4H11N.H2/c1-42-34-25-48-22-6-5-21-43-37-30(31(38(43)39(44)45)15-9-23-49-35-16-7-11-26-10-3-4-12-29(26)35)13-8-14-32(37)36(34)33(40-42)24-50-28-19-17-27(18-20-28)41-51(2,46)47;1-3-5-4-2;/h3-4,7-8,10-14,16-20,41H,5-6,9,15,21-25H2,1-2H3,(H,44,45);5H,3-4H2,1-2H3;1H. The first-order valence-corrected chi connectivity index (χ1v) is 21.0. The van der Waals surface area contributed by atoms with Gasteiger partial charge in [-0.3, -0.25) is 9.40 Å². The molecule has 1 aliphatic rings. The largest absolute Gasteiger partial charge is 0.493 e. The molecule has 0 bridgehead atoms. The number of aryl methyl sites for hydroxylation is 3. The highest BCUT2D eigenvalue weighted by Gasteiger charge is 2.28. The molecule has 0 radical (unpaired) electrons. The lowest BCUT2D eigenvalue weighted by atomic mass is 9.98. The number of aromatic carboxylic acids is 1. The number of benzene rings is 4. The summed E-state index contributed by atoms with van der Waals surface area (Å²) in [7, 11) is -1.53. The number of carboxylic acids is 1. The van der Waals surface area contributed by atoms with Crippen molar-refractivity contribution in [3.05, 3.63) is 108 Å². The minimum absolute atomic E-state index is 0. The summed E-state index contributed by atoms with van der Waals surface area (Å²) in [5.41, 5.74) is 5.64. The first kappa shape index (κ1) is 40.3. The first-order valence-electron chi connectivity index (χ1n) is 19.1. The van der Waals surface area contributed by atoms with Crippen molar-refractivity contribution in [2.24, 2.45) is 7.05 Å². The van der Waals surface area contributed by atoms with Gasteiger partial charge in [0.2, 0.25) is 10.0 Å². The van der Waals surface area contributed by atoms with Crippen molar-refractivity contribution in [3.63, 3.8) is 0 Å². The van der Waals surface area contributed by atoms with Crippen LogP contribution in [0.3, 0.4) is 0 Å². The van der Waals surface area contributed by atoms with Gasteiger partial charge >= 0.3 is 5.97 Å². The van der Waals surface area contributed by atoms with Crippen LogP contribution in [-0.4, -0.2) is 66.4 Å². The highest BCUT2D eigenvalue weighted by molar-refractivity contribution is 7.92. The fourth-order valence-corrected chi connectivity index (χ4v) is 7.80. The minimum Gasteiger partial charge on any atom is -0.493 e. The zero-order valence-corrected chi connectivity index (χ0v) is 33.3. The van der Waals surface area contributed by atoms with Gasteiger partial charge in [-0.25, -0.2) is 13.2 Å². The predicted octanol–water partition coefficient (Wildman–Crippen LogP) is 8.03. The number of rotatable bonds is 13. The number of fused-ring (bicyclic) bond motifs is 3. The summed E-state index contributed by atoms with van der Waals surface area (Å²) in [6.07, 6.45) is 3.81. The molecule has 0 spiro atoms. The van der Waals surface area contributed by atoms with Gasteiger partial charge in [0.15, 0.2) is 0 Å². The lowest BCUT2D eigenvalue weighted by molar-refractivity contribution is 0.0683. The van der Waals surface area contributed by atoms with E-state index in [4.69, 9.17) is 19.3 Å². The summed E-state index contributed by atoms with van der Waals surface area (Å²) >= 11 is 0. The lowest BCUT2D eigenvalue weighted by Crippen LogP contribution is -2.12. The molecule has 13 heteroatoms. The molecule has 0 unspecified atom stereocenters. The van der Waals surface area contributed by atoms with Crippen molar-refractivity contribution < 1.29 is 34.0 Å². The van der Waals surface area contributed by atoms with E-state index in [9.17, 15) is 18.3 Å². The molecule has 0 amide bonds. The Balaban J connectivity index is 0.000000974. The topological polar surface area (TPSA) is 146 Å². The number of ether oxygens (including phenoxy) is 3. The molecule has 0 fully saturated rings. The number of para-hydroxylation sites is 1. The maximum Gasteiger partial charge on any atom is 0.352 e. The Morgan fingerprint density at radius 1 is 0.946 bits per heavy atom. The zero-order valence-electron chi connectivity index (χ0n) is 32.5. The van der Waals surface area contributed by atoms with Gasteiger partial charge in [-0.2, -0.15) is 5.10 Å². The molecule has 0 saturated heterocycles. The average Bonchev–Trinajstić information content (AvgIpc) is 3.66. The van der Waals surface area contributed by atoms with Gasteiger partial charge in [-0.15, -0.1) is 0 Å². The Bertz CT molecular complexity index is 2390. The molecule has 56 heavy (non-hydrogen) atoms. The smallest absolute Gasteiger partial charge is 0.352 e. The molecular weight excluding hydrogens is 731 g/mol. The van der Waals surface area contributed by atoms with Crippen LogP contribution in [0.4, 0.5) is 5.69 Å². The Hall–Kier alpha value is -5.37. The zero-order chi connectivity index (χ0) is 39.7. The summed E-state index contributed by atoms with van der Waals surface area (Å²) in [5.74, 6) is 0.398. The molecule has 1 aliphatic heterocycles. The third-order valence-electron chi connectivity index (χ3n) is 9.67. The van der Waals surface area contributed by atoms with Gasteiger partial charge in [-0.05, 0) is 80.1 Å². The average molecular weight is 784 g/mol. The van der Waals surface area contributed by atoms with E-state index in [2.05, 4.69) is 36.0 Å². The third kappa shape index (κ3) is 9.52. The number of carboxylic acid groups (broad SMARTS) is 1. The summed E-state index contributed by atoms with van der Waals surface area (Å²) in [6, 6.07) is 26.8. The molecule has 0 aliphatic carbocycles. The molecule has 3 heterocycles. The van der Waals surface area contributed by atoms with Crippen molar-refractivity contribution in [3.8, 4) is 22.6 Å². The summed E-state index contributed by atoms with van der Waals surface area (Å²) < 4.78 is 48.0. The van der Waals surface area contributed by atoms with Crippen molar-refractivity contribution in [2.75, 3.05) is 37.3 Å². The molecule has 298 valence electrons. The third-order valence-corrected chi connectivity index (χ3v) is 10.3. The number of aromatic nitrogens is 3. The molecule has 4 aromatic carbocycles. The van der Waals surface area contributed by atoms with Crippen molar-refractivity contribution in [1.29, 1.82) is 0 Å². The monoisotopic (exact) mass is 783 g/mol. The normalized spacial score (nSPS) is 13.0. The first-order chi connectivity index (χ1) is 27.1. The highest BCUT2D eigenvalue weighted by atomic mass is 32.2. The maximum absolute atomic E-state index is 13.1. The molecule has 6 aromatic rings. The second-order valence-electron chi connectivity index (χ2n) is 13.7. The molecule has 7 rings (SSSR count). The number of nitrogens with zero attached hydrogens (tertiary/aromatic N) is 3. The van der Waals surface area contributed by atoms with E-state index < -0.39 is 16.0 Å². The molecule has 2 aromatic heterocycles. The number of carbonyl (C=O) groups is 1. The van der Waals surface area contributed by atoms with E-state index in [1.165, 1.54) is 0 Å². The second kappa shape index (κ2) is 18.5. The van der Waals surface area contributed by atoms with E-state index in [0.29, 0.717) is 62.0 Å². The van der Waals surface area contributed by atoms with Crippen LogP contribution < -0.4 is 19.5 Å². The van der Waals surface area contributed by atoms with Gasteiger partial charge in [0, 0.05) is 49.2 Å². The van der Waals surface area contributed by atoms with Crippen LogP contribution in [0.5, 0.6) is 11.5 Å². The van der Waals surface area contributed by atoms with Gasteiger partial charge in [0.25, 0.3) is 0 Å². The number of hydrogen-bond donors (Lipinski definition) is 3. The SMILES string of the molecule is CCNCC.Cn1nc(COc2ccc(NS(C)(=O)=O)cc2)c2c1COCCCCn1c(C(=O)O)c(CCCOc3cccc4ccccc34)c3cccc-2c31.[HH]. The number of anilines is 1. The van der Waals surface area contributed by atoms with E-state index in [-0.39, 0.29) is 8.03 Å². The van der Waals surface area contributed by atoms with E-state index in [1.807, 2.05) is 60.1 Å². The lowest BCUT2D eigenvalue weighted by Gasteiger charge is -2.13. The molecule has 0 saturated carbocycles. The Morgan fingerprint density at radius 3 is 2.41 bits per heavy atom. The highest BCUT2D eigenvalue weighted by Crippen LogP contribution is 2.39. The fourth-order valence-electron chi connectivity index (χ4n) is 7.23. The van der Waals surface area contributed by atoms with E-state index >= 15 is 0 Å². The molecule has 3 N–H and O–H groups in total. The van der Waals surface area contributed by atoms with Crippen LogP contribution in [0.2, 0.25) is 0 Å². The maximum atomic E-state index is 13.1. The van der Waals surface area contributed by atoms with Crippen LogP contribution in [0.25, 0.3) is 32.8 Å². The summed E-state index contributed by atoms with van der Waals surface area (Å²) in [5, 5.41) is 21.7. The van der Waals surface area contributed by atoms with Crippen LogP contribution in [0, 0.1) is 0 Å². The molecule has 0 atom stereocenters.